The first-order chi connectivity index (χ1) is 7.84. The van der Waals surface area contributed by atoms with E-state index in [-0.39, 0.29) is 24.0 Å². The second kappa shape index (κ2) is 7.76. The summed E-state index contributed by atoms with van der Waals surface area (Å²) in [4.78, 5) is 4.35. The van der Waals surface area contributed by atoms with Gasteiger partial charge in [0.2, 0.25) is 0 Å². The fraction of sp³-hybridized carbons (Fsp3) is 0.417. The van der Waals surface area contributed by atoms with Crippen molar-refractivity contribution in [3.8, 4) is 0 Å². The van der Waals surface area contributed by atoms with E-state index >= 15 is 0 Å². The number of nitrogens with zero attached hydrogens (tertiary/aromatic N) is 1. The highest BCUT2D eigenvalue weighted by molar-refractivity contribution is 14.0. The Morgan fingerprint density at radius 2 is 2.06 bits per heavy atom. The van der Waals surface area contributed by atoms with Crippen molar-refractivity contribution in [3.63, 3.8) is 0 Å². The molecule has 1 heterocycles. The zero-order valence-electron chi connectivity index (χ0n) is 9.58. The van der Waals surface area contributed by atoms with Crippen LogP contribution in [0, 0.1) is 0 Å². The Kier molecular flexibility index (Phi) is 6.65. The molecule has 0 unspecified atom stereocenters. The number of aliphatic imine (C=N–C) groups is 1. The Balaban J connectivity index is 0.00000144. The Bertz CT molecular complexity index is 365. The maximum Gasteiger partial charge on any atom is 0.191 e. The van der Waals surface area contributed by atoms with Gasteiger partial charge in [0.25, 0.3) is 0 Å². The molecule has 1 aliphatic heterocycles. The zero-order chi connectivity index (χ0) is 11.2. The van der Waals surface area contributed by atoms with Gasteiger partial charge < -0.3 is 10.6 Å². The third kappa shape index (κ3) is 5.12. The van der Waals surface area contributed by atoms with Crippen molar-refractivity contribution < 1.29 is 0 Å². The van der Waals surface area contributed by atoms with E-state index in [0.717, 1.165) is 43.5 Å². The highest BCUT2D eigenvalue weighted by Crippen LogP contribution is 2.09. The number of hydrogen-bond donors (Lipinski definition) is 2. The van der Waals surface area contributed by atoms with Crippen LogP contribution < -0.4 is 10.6 Å². The SMILES string of the molecule is Clc1ccc(CCNC2=NCCCN2)cc1.I. The van der Waals surface area contributed by atoms with Gasteiger partial charge in [-0.05, 0) is 30.5 Å². The molecule has 0 atom stereocenters. The number of guanidine groups is 1. The van der Waals surface area contributed by atoms with Crippen LogP contribution in [0.5, 0.6) is 0 Å². The fourth-order valence-electron chi connectivity index (χ4n) is 1.63. The smallest absolute Gasteiger partial charge is 0.191 e. The van der Waals surface area contributed by atoms with E-state index in [1.54, 1.807) is 0 Å². The van der Waals surface area contributed by atoms with Gasteiger partial charge in [-0.3, -0.25) is 4.99 Å². The number of halogens is 2. The fourth-order valence-corrected chi connectivity index (χ4v) is 1.75. The van der Waals surface area contributed by atoms with Crippen molar-refractivity contribution >= 4 is 41.5 Å². The molecule has 94 valence electrons. The van der Waals surface area contributed by atoms with Gasteiger partial charge in [-0.15, -0.1) is 24.0 Å². The standard InChI is InChI=1S/C12H16ClN3.HI/c13-11-4-2-10(3-5-11)6-9-16-12-14-7-1-8-15-12;/h2-5H,1,6-9H2,(H2,14,15,16);1H. The minimum atomic E-state index is 0. The monoisotopic (exact) mass is 365 g/mol. The molecular formula is C12H17ClIN3. The van der Waals surface area contributed by atoms with E-state index in [0.29, 0.717) is 0 Å². The molecule has 0 spiro atoms. The lowest BCUT2D eigenvalue weighted by molar-refractivity contribution is 0.700. The molecule has 2 N–H and O–H groups in total. The van der Waals surface area contributed by atoms with Crippen LogP contribution in [0.3, 0.4) is 0 Å². The first-order valence-corrected chi connectivity index (χ1v) is 5.99. The third-order valence-electron chi connectivity index (χ3n) is 2.52. The first-order valence-electron chi connectivity index (χ1n) is 5.61. The summed E-state index contributed by atoms with van der Waals surface area (Å²) in [5.41, 5.74) is 1.29. The summed E-state index contributed by atoms with van der Waals surface area (Å²) in [6.45, 7) is 2.84. The van der Waals surface area contributed by atoms with E-state index in [2.05, 4.69) is 27.8 Å². The number of rotatable bonds is 3. The highest BCUT2D eigenvalue weighted by Gasteiger charge is 2.02. The summed E-state index contributed by atoms with van der Waals surface area (Å²) in [5.74, 6) is 0.931. The third-order valence-corrected chi connectivity index (χ3v) is 2.77. The minimum absolute atomic E-state index is 0. The molecule has 0 fully saturated rings. The van der Waals surface area contributed by atoms with Gasteiger partial charge in [0, 0.05) is 24.7 Å². The van der Waals surface area contributed by atoms with Crippen LogP contribution in [-0.2, 0) is 6.42 Å². The Hall–Kier alpha value is -0.490. The predicted octanol–water partition coefficient (Wildman–Crippen LogP) is 2.44. The lowest BCUT2D eigenvalue weighted by Crippen LogP contribution is -2.41. The number of hydrogen-bond acceptors (Lipinski definition) is 3. The molecule has 2 rings (SSSR count). The van der Waals surface area contributed by atoms with Gasteiger partial charge in [-0.2, -0.15) is 0 Å². The van der Waals surface area contributed by atoms with E-state index in [1.807, 2.05) is 12.1 Å². The van der Waals surface area contributed by atoms with Crippen molar-refractivity contribution in [1.82, 2.24) is 10.6 Å². The maximum atomic E-state index is 5.82. The summed E-state index contributed by atoms with van der Waals surface area (Å²) in [6.07, 6.45) is 2.11. The van der Waals surface area contributed by atoms with Crippen LogP contribution in [-0.4, -0.2) is 25.6 Å². The quantitative estimate of drug-likeness (QED) is 0.807. The molecule has 5 heteroatoms. The molecule has 0 amide bonds. The van der Waals surface area contributed by atoms with Crippen LogP contribution in [0.1, 0.15) is 12.0 Å². The van der Waals surface area contributed by atoms with Crippen molar-refractivity contribution in [2.75, 3.05) is 19.6 Å². The average Bonchev–Trinajstić information content (AvgIpc) is 2.33. The molecule has 0 aliphatic carbocycles. The molecule has 1 aliphatic rings. The van der Waals surface area contributed by atoms with E-state index < -0.39 is 0 Å². The Morgan fingerprint density at radius 1 is 1.29 bits per heavy atom. The second-order valence-corrected chi connectivity index (χ2v) is 4.25. The Morgan fingerprint density at radius 3 is 2.71 bits per heavy atom. The van der Waals surface area contributed by atoms with Gasteiger partial charge in [0.05, 0.1) is 0 Å². The van der Waals surface area contributed by atoms with Gasteiger partial charge >= 0.3 is 0 Å². The molecule has 1 aromatic rings. The molecule has 1 aromatic carbocycles. The first kappa shape index (κ1) is 14.6. The van der Waals surface area contributed by atoms with Gasteiger partial charge in [0.1, 0.15) is 0 Å². The molecule has 0 bridgehead atoms. The summed E-state index contributed by atoms with van der Waals surface area (Å²) in [6, 6.07) is 7.96. The molecule has 0 saturated carbocycles. The molecular weight excluding hydrogens is 349 g/mol. The largest absolute Gasteiger partial charge is 0.356 e. The van der Waals surface area contributed by atoms with Crippen LogP contribution in [0.4, 0.5) is 0 Å². The summed E-state index contributed by atoms with van der Waals surface area (Å²) in [5, 5.41) is 7.31. The molecule has 0 saturated heterocycles. The molecule has 3 nitrogen and oxygen atoms in total. The topological polar surface area (TPSA) is 36.4 Å². The zero-order valence-corrected chi connectivity index (χ0v) is 12.7. The predicted molar refractivity (Wildman–Crippen MR) is 83.5 cm³/mol. The van der Waals surface area contributed by atoms with Gasteiger partial charge in [-0.25, -0.2) is 0 Å². The maximum absolute atomic E-state index is 5.82. The van der Waals surface area contributed by atoms with E-state index in [1.165, 1.54) is 5.56 Å². The lowest BCUT2D eigenvalue weighted by atomic mass is 10.1. The van der Waals surface area contributed by atoms with Gasteiger partial charge in [0.15, 0.2) is 5.96 Å². The van der Waals surface area contributed by atoms with Crippen molar-refractivity contribution in [3.05, 3.63) is 34.9 Å². The number of benzene rings is 1. The van der Waals surface area contributed by atoms with Crippen molar-refractivity contribution in [2.24, 2.45) is 4.99 Å². The van der Waals surface area contributed by atoms with Crippen LogP contribution in [0.15, 0.2) is 29.3 Å². The minimum Gasteiger partial charge on any atom is -0.356 e. The Labute approximate surface area is 124 Å². The van der Waals surface area contributed by atoms with E-state index in [4.69, 9.17) is 11.6 Å². The lowest BCUT2D eigenvalue weighted by Gasteiger charge is -2.15. The van der Waals surface area contributed by atoms with E-state index in [9.17, 15) is 0 Å². The highest BCUT2D eigenvalue weighted by atomic mass is 127. The van der Waals surface area contributed by atoms with Crippen molar-refractivity contribution in [1.29, 1.82) is 0 Å². The van der Waals surface area contributed by atoms with Crippen LogP contribution in [0.2, 0.25) is 5.02 Å². The summed E-state index contributed by atoms with van der Waals surface area (Å²) < 4.78 is 0. The summed E-state index contributed by atoms with van der Waals surface area (Å²) >= 11 is 5.82. The van der Waals surface area contributed by atoms with Gasteiger partial charge in [-0.1, -0.05) is 23.7 Å². The van der Waals surface area contributed by atoms with Crippen LogP contribution >= 0.6 is 35.6 Å². The van der Waals surface area contributed by atoms with Crippen LogP contribution in [0.25, 0.3) is 0 Å². The molecule has 0 radical (unpaired) electrons. The van der Waals surface area contributed by atoms with Crippen molar-refractivity contribution in [2.45, 2.75) is 12.8 Å². The second-order valence-electron chi connectivity index (χ2n) is 3.81. The summed E-state index contributed by atoms with van der Waals surface area (Å²) in [7, 11) is 0. The average molecular weight is 366 g/mol. The molecule has 0 aromatic heterocycles. The molecule has 17 heavy (non-hydrogen) atoms. The normalized spacial score (nSPS) is 14.3. The number of nitrogens with one attached hydrogen (secondary N) is 2.